The Hall–Kier alpha value is -4.13. The molecule has 1 N–H and O–H groups in total. The van der Waals surface area contributed by atoms with Gasteiger partial charge in [0.05, 0.1) is 36.7 Å². The van der Waals surface area contributed by atoms with Gasteiger partial charge in [-0.25, -0.2) is 9.36 Å². The maximum absolute atomic E-state index is 13.5. The van der Waals surface area contributed by atoms with Crippen LogP contribution in [0.5, 0.6) is 5.75 Å². The van der Waals surface area contributed by atoms with Gasteiger partial charge in [-0.05, 0) is 47.5 Å². The molecule has 0 atom stereocenters. The number of methoxy groups -OCH3 is 1. The van der Waals surface area contributed by atoms with Gasteiger partial charge in [-0.15, -0.1) is 0 Å². The molecule has 1 aromatic heterocycles. The van der Waals surface area contributed by atoms with Crippen LogP contribution in [0.2, 0.25) is 0 Å². The van der Waals surface area contributed by atoms with E-state index in [9.17, 15) is 14.4 Å². The molecule has 3 aromatic carbocycles. The van der Waals surface area contributed by atoms with Crippen molar-refractivity contribution in [2.24, 2.45) is 0 Å². The van der Waals surface area contributed by atoms with Gasteiger partial charge in [0.1, 0.15) is 5.75 Å². The highest BCUT2D eigenvalue weighted by molar-refractivity contribution is 5.79. The molecule has 0 unspecified atom stereocenters. The van der Waals surface area contributed by atoms with Gasteiger partial charge in [0.2, 0.25) is 5.91 Å². The van der Waals surface area contributed by atoms with Crippen molar-refractivity contribution in [1.29, 1.82) is 0 Å². The number of hydrogen-bond acceptors (Lipinski definition) is 4. The van der Waals surface area contributed by atoms with Crippen LogP contribution in [-0.4, -0.2) is 29.2 Å². The zero-order valence-electron chi connectivity index (χ0n) is 17.9. The number of carbonyl (C=O) groups is 1. The van der Waals surface area contributed by atoms with Gasteiger partial charge in [-0.3, -0.25) is 14.2 Å². The number of aromatic nitrogens is 2. The van der Waals surface area contributed by atoms with E-state index in [1.54, 1.807) is 67.3 Å². The van der Waals surface area contributed by atoms with Crippen LogP contribution in [0.4, 0.5) is 0 Å². The van der Waals surface area contributed by atoms with E-state index >= 15 is 0 Å². The van der Waals surface area contributed by atoms with E-state index in [-0.39, 0.29) is 24.4 Å². The number of para-hydroxylation sites is 1. The average Bonchev–Trinajstić information content (AvgIpc) is 2.83. The SMILES string of the molecule is CNC(=O)Cc1ccc(-n2c(=O)c3ccccc3n(Cc3cccc(OC)c3)c2=O)cc1. The third-order valence-corrected chi connectivity index (χ3v) is 5.36. The predicted molar refractivity (Wildman–Crippen MR) is 124 cm³/mol. The smallest absolute Gasteiger partial charge is 0.336 e. The quantitative estimate of drug-likeness (QED) is 0.511. The van der Waals surface area contributed by atoms with E-state index in [0.717, 1.165) is 11.1 Å². The molecule has 0 saturated heterocycles. The Labute approximate surface area is 184 Å². The first-order chi connectivity index (χ1) is 15.5. The molecule has 7 heteroatoms. The monoisotopic (exact) mass is 429 g/mol. The average molecular weight is 429 g/mol. The van der Waals surface area contributed by atoms with Crippen LogP contribution < -0.4 is 21.3 Å². The molecule has 0 radical (unpaired) electrons. The minimum absolute atomic E-state index is 0.110. The minimum atomic E-state index is -0.435. The fourth-order valence-corrected chi connectivity index (χ4v) is 3.69. The van der Waals surface area contributed by atoms with Gasteiger partial charge < -0.3 is 10.1 Å². The number of fused-ring (bicyclic) bond motifs is 1. The summed E-state index contributed by atoms with van der Waals surface area (Å²) in [5.74, 6) is 0.584. The van der Waals surface area contributed by atoms with Gasteiger partial charge in [-0.2, -0.15) is 0 Å². The second-order valence-corrected chi connectivity index (χ2v) is 7.39. The van der Waals surface area contributed by atoms with E-state index < -0.39 is 5.69 Å². The molecule has 162 valence electrons. The summed E-state index contributed by atoms with van der Waals surface area (Å²) in [6.07, 6.45) is 0.226. The van der Waals surface area contributed by atoms with Gasteiger partial charge in [-0.1, -0.05) is 36.4 Å². The highest BCUT2D eigenvalue weighted by Gasteiger charge is 2.15. The summed E-state index contributed by atoms with van der Waals surface area (Å²) in [6, 6.07) is 21.4. The summed E-state index contributed by atoms with van der Waals surface area (Å²) in [4.78, 5) is 38.4. The van der Waals surface area contributed by atoms with E-state index in [1.165, 1.54) is 4.57 Å². The van der Waals surface area contributed by atoms with Crippen molar-refractivity contribution >= 4 is 16.8 Å². The zero-order valence-corrected chi connectivity index (χ0v) is 17.9. The number of rotatable bonds is 6. The van der Waals surface area contributed by atoms with Crippen molar-refractivity contribution in [3.63, 3.8) is 0 Å². The summed E-state index contributed by atoms with van der Waals surface area (Å²) < 4.78 is 8.06. The van der Waals surface area contributed by atoms with Crippen molar-refractivity contribution in [1.82, 2.24) is 14.5 Å². The Balaban J connectivity index is 1.86. The lowest BCUT2D eigenvalue weighted by atomic mass is 10.1. The molecule has 4 aromatic rings. The molecule has 1 heterocycles. The van der Waals surface area contributed by atoms with Crippen molar-refractivity contribution in [3.8, 4) is 11.4 Å². The minimum Gasteiger partial charge on any atom is -0.497 e. The molecule has 7 nitrogen and oxygen atoms in total. The number of benzene rings is 3. The molecule has 0 aliphatic heterocycles. The first kappa shape index (κ1) is 21.1. The van der Waals surface area contributed by atoms with Crippen LogP contribution in [0.3, 0.4) is 0 Å². The molecule has 0 aliphatic rings. The molecule has 0 fully saturated rings. The molecular formula is C25H23N3O4. The summed E-state index contributed by atoms with van der Waals surface area (Å²) in [6.45, 7) is 0.283. The van der Waals surface area contributed by atoms with Crippen molar-refractivity contribution < 1.29 is 9.53 Å². The normalized spacial score (nSPS) is 10.8. The Morgan fingerprint density at radius 2 is 1.69 bits per heavy atom. The van der Waals surface area contributed by atoms with Gasteiger partial charge in [0.25, 0.3) is 5.56 Å². The summed E-state index contributed by atoms with van der Waals surface area (Å²) >= 11 is 0. The number of nitrogens with one attached hydrogen (secondary N) is 1. The highest BCUT2D eigenvalue weighted by atomic mass is 16.5. The number of likely N-dealkylation sites (N-methyl/N-ethyl adjacent to an activating group) is 1. The van der Waals surface area contributed by atoms with Crippen LogP contribution in [-0.2, 0) is 17.8 Å². The van der Waals surface area contributed by atoms with E-state index in [4.69, 9.17) is 4.74 Å². The lowest BCUT2D eigenvalue weighted by Gasteiger charge is -2.15. The maximum Gasteiger partial charge on any atom is 0.336 e. The molecular weight excluding hydrogens is 406 g/mol. The third kappa shape index (κ3) is 4.05. The fraction of sp³-hybridized carbons (Fsp3) is 0.160. The van der Waals surface area contributed by atoms with E-state index in [0.29, 0.717) is 22.3 Å². The van der Waals surface area contributed by atoms with Gasteiger partial charge in [0, 0.05) is 7.05 Å². The largest absolute Gasteiger partial charge is 0.497 e. The lowest BCUT2D eigenvalue weighted by molar-refractivity contribution is -0.119. The molecule has 32 heavy (non-hydrogen) atoms. The Morgan fingerprint density at radius 3 is 2.41 bits per heavy atom. The molecule has 0 saturated carbocycles. The van der Waals surface area contributed by atoms with Crippen molar-refractivity contribution in [3.05, 3.63) is 105 Å². The fourth-order valence-electron chi connectivity index (χ4n) is 3.69. The Bertz CT molecular complexity index is 1400. The van der Waals surface area contributed by atoms with Crippen LogP contribution in [0.1, 0.15) is 11.1 Å². The highest BCUT2D eigenvalue weighted by Crippen LogP contribution is 2.16. The second-order valence-electron chi connectivity index (χ2n) is 7.39. The molecule has 0 bridgehead atoms. The van der Waals surface area contributed by atoms with Gasteiger partial charge >= 0.3 is 5.69 Å². The molecule has 0 spiro atoms. The predicted octanol–water partition coefficient (Wildman–Crippen LogP) is 2.50. The Morgan fingerprint density at radius 1 is 0.938 bits per heavy atom. The molecule has 4 rings (SSSR count). The number of ether oxygens (including phenoxy) is 1. The number of hydrogen-bond donors (Lipinski definition) is 1. The van der Waals surface area contributed by atoms with Crippen LogP contribution in [0, 0.1) is 0 Å². The number of nitrogens with zero attached hydrogens (tertiary/aromatic N) is 2. The van der Waals surface area contributed by atoms with Crippen molar-refractivity contribution in [2.75, 3.05) is 14.2 Å². The standard InChI is InChI=1S/C25H23N3O4/c1-26-23(29)15-17-10-12-19(13-11-17)28-24(30)21-8-3-4-9-22(21)27(25(28)31)16-18-6-5-7-20(14-18)32-2/h3-14H,15-16H2,1-2H3,(H,26,29). The Kier molecular flexibility index (Phi) is 5.89. The van der Waals surface area contributed by atoms with Crippen LogP contribution in [0.25, 0.3) is 16.6 Å². The second kappa shape index (κ2) is 8.93. The third-order valence-electron chi connectivity index (χ3n) is 5.36. The van der Waals surface area contributed by atoms with Gasteiger partial charge in [0.15, 0.2) is 0 Å². The first-order valence-electron chi connectivity index (χ1n) is 10.2. The number of amides is 1. The maximum atomic E-state index is 13.5. The van der Waals surface area contributed by atoms with Crippen LogP contribution in [0.15, 0.2) is 82.4 Å². The zero-order chi connectivity index (χ0) is 22.7. The molecule has 0 aliphatic carbocycles. The topological polar surface area (TPSA) is 82.3 Å². The lowest BCUT2D eigenvalue weighted by Crippen LogP contribution is -2.39. The van der Waals surface area contributed by atoms with E-state index in [2.05, 4.69) is 5.32 Å². The molecule has 1 amide bonds. The van der Waals surface area contributed by atoms with Crippen LogP contribution >= 0.6 is 0 Å². The summed E-state index contributed by atoms with van der Waals surface area (Å²) in [7, 11) is 3.17. The summed E-state index contributed by atoms with van der Waals surface area (Å²) in [5.41, 5.74) is 1.87. The van der Waals surface area contributed by atoms with Crippen molar-refractivity contribution in [2.45, 2.75) is 13.0 Å². The first-order valence-corrected chi connectivity index (χ1v) is 10.2. The van der Waals surface area contributed by atoms with E-state index in [1.807, 2.05) is 24.3 Å². The number of carbonyl (C=O) groups excluding carboxylic acids is 1. The summed E-state index contributed by atoms with van der Waals surface area (Å²) in [5, 5.41) is 3.03.